The molecule has 6 aliphatic rings. The van der Waals surface area contributed by atoms with Crippen molar-refractivity contribution in [1.29, 1.82) is 0 Å². The van der Waals surface area contributed by atoms with Crippen molar-refractivity contribution in [2.75, 3.05) is 24.5 Å². The molecule has 0 bridgehead atoms. The Hall–Kier alpha value is -10.4. The van der Waals surface area contributed by atoms with Gasteiger partial charge in [0.05, 0.1) is 11.4 Å². The van der Waals surface area contributed by atoms with E-state index >= 15 is 0 Å². The van der Waals surface area contributed by atoms with Crippen LogP contribution in [0.5, 0.6) is 11.5 Å². The normalized spacial score (nSPS) is 14.5. The van der Waals surface area contributed by atoms with Crippen molar-refractivity contribution in [1.82, 2.24) is 0 Å². The Balaban J connectivity index is 1.01. The summed E-state index contributed by atoms with van der Waals surface area (Å²) in [5.74, 6) is 1.84. The van der Waals surface area contributed by atoms with E-state index in [0.29, 0.717) is 0 Å². The zero-order valence-electron chi connectivity index (χ0n) is 69.4. The molecule has 6 aliphatic heterocycles. The van der Waals surface area contributed by atoms with Crippen molar-refractivity contribution >= 4 is 155 Å². The third-order valence-electron chi connectivity index (χ3n) is 25.0. The summed E-state index contributed by atoms with van der Waals surface area (Å²) in [5.41, 5.74) is 46.4. The van der Waals surface area contributed by atoms with Crippen LogP contribution in [0.2, 0.25) is 0 Å². The summed E-state index contributed by atoms with van der Waals surface area (Å²) in [6.45, 7) is 55.2. The van der Waals surface area contributed by atoms with E-state index in [4.69, 9.17) is 4.74 Å². The predicted octanol–water partition coefficient (Wildman–Crippen LogP) is 21.5. The van der Waals surface area contributed by atoms with Crippen molar-refractivity contribution in [3.05, 3.63) is 272 Å². The van der Waals surface area contributed by atoms with E-state index < -0.39 is 0 Å². The van der Waals surface area contributed by atoms with Crippen LogP contribution in [-0.2, 0) is 27.1 Å². The molecule has 0 aromatic heterocycles. The minimum atomic E-state index is -0.260. The molecule has 18 rings (SSSR count). The Bertz CT molecular complexity index is 5880. The van der Waals surface area contributed by atoms with Crippen LogP contribution in [0, 0.1) is 62.3 Å². The fourth-order valence-corrected chi connectivity index (χ4v) is 19.8. The number of nitrogens with zero attached hydrogens (tertiary/aromatic N) is 5. The van der Waals surface area contributed by atoms with Gasteiger partial charge in [-0.25, -0.2) is 0 Å². The van der Waals surface area contributed by atoms with E-state index in [2.05, 4.69) is 385 Å². The van der Waals surface area contributed by atoms with Gasteiger partial charge in [-0.05, 0) is 302 Å². The molecule has 0 radical (unpaired) electrons. The summed E-state index contributed by atoms with van der Waals surface area (Å²) in [5, 5.41) is 0. The lowest BCUT2D eigenvalue weighted by Gasteiger charge is -2.48. The van der Waals surface area contributed by atoms with Crippen molar-refractivity contribution in [3.8, 4) is 11.5 Å². The zero-order valence-corrected chi connectivity index (χ0v) is 69.4. The van der Waals surface area contributed by atoms with E-state index in [1.807, 2.05) is 0 Å². The summed E-state index contributed by atoms with van der Waals surface area (Å²) in [6, 6.07) is 78.3. The average Bonchev–Trinajstić information content (AvgIpc) is 0.677. The van der Waals surface area contributed by atoms with Crippen LogP contribution >= 0.6 is 0 Å². The van der Waals surface area contributed by atoms with Gasteiger partial charge in [0.2, 0.25) is 0 Å². The third-order valence-corrected chi connectivity index (χ3v) is 25.0. The van der Waals surface area contributed by atoms with Gasteiger partial charge in [0.25, 0.3) is 20.1 Å². The minimum Gasteiger partial charge on any atom is -0.458 e. The van der Waals surface area contributed by atoms with Crippen LogP contribution in [0.3, 0.4) is 0 Å². The topological polar surface area (TPSA) is 25.4 Å². The Labute approximate surface area is 656 Å². The van der Waals surface area contributed by atoms with Gasteiger partial charge in [0, 0.05) is 73.9 Å². The molecule has 6 heterocycles. The maximum atomic E-state index is 7.36. The van der Waals surface area contributed by atoms with Crippen LogP contribution in [-0.4, -0.2) is 20.1 Å². The fourth-order valence-electron chi connectivity index (χ4n) is 19.8. The second-order valence-corrected chi connectivity index (χ2v) is 38.6. The highest BCUT2D eigenvalue weighted by Crippen LogP contribution is 2.54. The van der Waals surface area contributed by atoms with E-state index in [-0.39, 0.29) is 47.2 Å². The van der Waals surface area contributed by atoms with E-state index in [1.165, 1.54) is 190 Å². The number of rotatable bonds is 5. The van der Waals surface area contributed by atoms with Gasteiger partial charge in [-0.2, -0.15) is 0 Å². The Morgan fingerprint density at radius 1 is 0.218 bits per heavy atom. The summed E-state index contributed by atoms with van der Waals surface area (Å²) in [4.78, 5) is 13.3. The molecule has 12 aromatic rings. The van der Waals surface area contributed by atoms with Crippen molar-refractivity contribution in [2.45, 2.75) is 193 Å². The molecule has 0 saturated heterocycles. The monoisotopic (exact) mass is 1440 g/mol. The molecule has 6 nitrogen and oxygen atoms in total. The lowest BCUT2D eigenvalue weighted by atomic mass is 9.29. The highest BCUT2D eigenvalue weighted by Gasteiger charge is 2.52. The molecule has 0 aliphatic carbocycles. The van der Waals surface area contributed by atoms with Gasteiger partial charge in [0.1, 0.15) is 11.5 Å². The molecule has 0 amide bonds. The van der Waals surface area contributed by atoms with Gasteiger partial charge in [0.15, 0.2) is 0 Å². The number of benzene rings is 12. The number of ether oxygens (including phenoxy) is 1. The van der Waals surface area contributed by atoms with Crippen molar-refractivity contribution < 1.29 is 4.74 Å². The van der Waals surface area contributed by atoms with Gasteiger partial charge in [-0.15, -0.1) is 0 Å². The van der Waals surface area contributed by atoms with E-state index in [0.717, 1.165) is 34.1 Å². The standard InChI is InChI=1S/C101H104B3N5O/c1-57-41-62(6)95(63(7)42-57)108-83-55-81-75(102-74-51-69(100(19,20)21)31-39-80(74)105(71-33-25-66(26-34-71)97(10,11)12)85-45-59(3)46-86(92(85)102)106(81)72-35-27-67(28-36-72)98(13,14)15)53-77(83)103-76-54-78-84(56-82(76)107(87-47-60(4)48-88(108)93(87)103)73-37-29-68(30-38-73)99(16,17)18)109(96-64(8)43-58(2)44-65(96)9)89-49-61(5)50-91-94(89)104(78)79-52-70(101(22,23)24)32-40-90(79)110-91/h25-56H,1-24H3. The number of aryl methyl sites for hydroxylation is 9. The maximum Gasteiger partial charge on any atom is 0.256 e. The lowest BCUT2D eigenvalue weighted by Crippen LogP contribution is -2.66. The smallest absolute Gasteiger partial charge is 0.256 e. The van der Waals surface area contributed by atoms with Gasteiger partial charge >= 0.3 is 0 Å². The number of fused-ring (bicyclic) bond motifs is 12. The Morgan fingerprint density at radius 3 is 0.855 bits per heavy atom. The minimum absolute atomic E-state index is 0.0131. The Kier molecular flexibility index (Phi) is 15.8. The molecule has 110 heavy (non-hydrogen) atoms. The number of hydrogen-bond acceptors (Lipinski definition) is 6. The van der Waals surface area contributed by atoms with Crippen molar-refractivity contribution in [3.63, 3.8) is 0 Å². The SMILES string of the molecule is Cc1cc(C)c(N2c3cc4c(cc3B3c5cc(C(C)(C)C)ccc5Oc5cc(C)cc2c53)B2c3cc5c(cc3N(c3c(C)cc(C)cc3C)c3cc(C)cc(c32)N4c2ccc(C(C)(C)C)cc2)N(c2ccc(C(C)(C)C)cc2)c2cc(C)cc3c2B5c2cc(C(C)(C)C)ccc2N3c2ccc(C(C)(C)C)cc2)c(C)c1. The van der Waals surface area contributed by atoms with Crippen LogP contribution in [0.25, 0.3) is 0 Å². The zero-order chi connectivity index (χ0) is 77.5. The Morgan fingerprint density at radius 2 is 0.491 bits per heavy atom. The van der Waals surface area contributed by atoms with Crippen LogP contribution in [0.4, 0.5) is 85.3 Å². The van der Waals surface area contributed by atoms with Crippen LogP contribution < -0.4 is 78.4 Å². The van der Waals surface area contributed by atoms with Crippen molar-refractivity contribution in [2.24, 2.45) is 0 Å². The largest absolute Gasteiger partial charge is 0.458 e. The summed E-state index contributed by atoms with van der Waals surface area (Å²) in [6.07, 6.45) is 0. The molecule has 0 fully saturated rings. The second-order valence-electron chi connectivity index (χ2n) is 38.6. The number of anilines is 15. The van der Waals surface area contributed by atoms with E-state index in [9.17, 15) is 0 Å². The first kappa shape index (κ1) is 71.3. The predicted molar refractivity (Wildman–Crippen MR) is 476 cm³/mol. The van der Waals surface area contributed by atoms with Gasteiger partial charge in [-0.1, -0.05) is 212 Å². The quantitative estimate of drug-likeness (QED) is 0.159. The molecule has 0 N–H and O–H groups in total. The summed E-state index contributed by atoms with van der Waals surface area (Å²) >= 11 is 0. The molecular formula is C101H104B3N5O. The molecule has 0 saturated carbocycles. The number of hydrogen-bond donors (Lipinski definition) is 0. The first-order valence-electron chi connectivity index (χ1n) is 40.1. The second kappa shape index (κ2) is 24.3. The average molecular weight is 1440 g/mol. The highest BCUT2D eigenvalue weighted by atomic mass is 16.5. The lowest BCUT2D eigenvalue weighted by molar-refractivity contribution is 0.486. The van der Waals surface area contributed by atoms with Crippen LogP contribution in [0.1, 0.15) is 182 Å². The van der Waals surface area contributed by atoms with E-state index in [1.54, 1.807) is 0 Å². The first-order chi connectivity index (χ1) is 51.9. The molecule has 0 spiro atoms. The fraction of sp³-hybridized carbons (Fsp3) is 0.287. The molecular weight excluding hydrogens is 1330 g/mol. The summed E-state index contributed by atoms with van der Waals surface area (Å²) in [7, 11) is 0. The van der Waals surface area contributed by atoms with Gasteiger partial charge < -0.3 is 29.2 Å². The molecule has 12 aromatic carbocycles. The van der Waals surface area contributed by atoms with Crippen LogP contribution in [0.15, 0.2) is 194 Å². The molecule has 548 valence electrons. The first-order valence-corrected chi connectivity index (χ1v) is 40.1. The summed E-state index contributed by atoms with van der Waals surface area (Å²) < 4.78 is 7.36. The third kappa shape index (κ3) is 11.0. The molecule has 0 atom stereocenters. The maximum absolute atomic E-state index is 7.36. The van der Waals surface area contributed by atoms with Gasteiger partial charge in [-0.3, -0.25) is 0 Å². The molecule has 9 heteroatoms. The molecule has 0 unspecified atom stereocenters. The highest BCUT2D eigenvalue weighted by molar-refractivity contribution is 7.04.